The molecule has 0 saturated heterocycles. The zero-order valence-corrected chi connectivity index (χ0v) is 10.9. The summed E-state index contributed by atoms with van der Waals surface area (Å²) < 4.78 is 27.6. The number of benzene rings is 1. The van der Waals surface area contributed by atoms with E-state index in [9.17, 15) is 13.6 Å². The lowest BCUT2D eigenvalue weighted by Crippen LogP contribution is -2.23. The van der Waals surface area contributed by atoms with Gasteiger partial charge in [-0.15, -0.1) is 0 Å². The van der Waals surface area contributed by atoms with Crippen LogP contribution in [0.25, 0.3) is 0 Å². The number of hydrogen-bond donors (Lipinski definition) is 1. The number of alkyl halides is 2. The molecule has 2 nitrogen and oxygen atoms in total. The Morgan fingerprint density at radius 1 is 1.41 bits per heavy atom. The van der Waals surface area contributed by atoms with E-state index in [1.54, 1.807) is 24.3 Å². The van der Waals surface area contributed by atoms with Crippen LogP contribution in [0.4, 0.5) is 8.78 Å². The summed E-state index contributed by atoms with van der Waals surface area (Å²) in [5.41, 5.74) is 0.460. The molecular formula is C12H13BrF2O2. The largest absolute Gasteiger partial charge is 0.481 e. The Hall–Kier alpha value is -0.970. The summed E-state index contributed by atoms with van der Waals surface area (Å²) in [4.78, 5) is 10.5. The summed E-state index contributed by atoms with van der Waals surface area (Å²) in [6, 6.07) is 6.53. The Labute approximate surface area is 107 Å². The molecule has 1 rings (SSSR count). The predicted octanol–water partition coefficient (Wildman–Crippen LogP) is 4.05. The molecular weight excluding hydrogens is 294 g/mol. The van der Waals surface area contributed by atoms with Crippen LogP contribution >= 0.6 is 15.9 Å². The van der Waals surface area contributed by atoms with Gasteiger partial charge in [-0.3, -0.25) is 4.79 Å². The third-order valence-corrected chi connectivity index (χ3v) is 3.06. The maximum Gasteiger partial charge on any atom is 0.303 e. The highest BCUT2D eigenvalue weighted by molar-refractivity contribution is 9.10. The van der Waals surface area contributed by atoms with Crippen LogP contribution in [0.1, 0.15) is 31.2 Å². The normalized spacial score (nSPS) is 13.4. The minimum absolute atomic E-state index is 0.0690. The van der Waals surface area contributed by atoms with Crippen molar-refractivity contribution in [2.24, 2.45) is 0 Å². The van der Waals surface area contributed by atoms with Crippen molar-refractivity contribution in [3.05, 3.63) is 34.3 Å². The molecule has 1 N–H and O–H groups in total. The van der Waals surface area contributed by atoms with Crippen LogP contribution in [0.5, 0.6) is 0 Å². The highest BCUT2D eigenvalue weighted by atomic mass is 79.9. The first-order chi connectivity index (χ1) is 7.80. The summed E-state index contributed by atoms with van der Waals surface area (Å²) in [7, 11) is 0. The zero-order chi connectivity index (χ0) is 13.1. The number of halogens is 3. The molecule has 0 aromatic heterocycles. The molecule has 1 atom stereocenters. The van der Waals surface area contributed by atoms with Crippen molar-refractivity contribution < 1.29 is 18.7 Å². The van der Waals surface area contributed by atoms with E-state index in [0.29, 0.717) is 5.56 Å². The average molecular weight is 307 g/mol. The van der Waals surface area contributed by atoms with E-state index in [-0.39, 0.29) is 12.8 Å². The molecule has 0 amide bonds. The molecule has 1 aromatic rings. The number of hydrogen-bond acceptors (Lipinski definition) is 1. The monoisotopic (exact) mass is 306 g/mol. The second-order valence-electron chi connectivity index (χ2n) is 3.99. The Morgan fingerprint density at radius 3 is 2.35 bits per heavy atom. The van der Waals surface area contributed by atoms with E-state index in [1.807, 2.05) is 0 Å². The van der Waals surface area contributed by atoms with Gasteiger partial charge < -0.3 is 5.11 Å². The number of aliphatic carboxylic acids is 1. The van der Waals surface area contributed by atoms with Crippen molar-refractivity contribution in [3.63, 3.8) is 0 Å². The van der Waals surface area contributed by atoms with E-state index in [4.69, 9.17) is 5.11 Å². The number of carboxylic acids is 1. The van der Waals surface area contributed by atoms with E-state index in [0.717, 1.165) is 11.4 Å². The van der Waals surface area contributed by atoms with Gasteiger partial charge >= 0.3 is 5.97 Å². The topological polar surface area (TPSA) is 37.3 Å². The van der Waals surface area contributed by atoms with Crippen molar-refractivity contribution in [1.29, 1.82) is 0 Å². The van der Waals surface area contributed by atoms with Crippen molar-refractivity contribution in [2.75, 3.05) is 0 Å². The van der Waals surface area contributed by atoms with Gasteiger partial charge in [-0.25, -0.2) is 8.78 Å². The average Bonchev–Trinajstić information content (AvgIpc) is 2.18. The lowest BCUT2D eigenvalue weighted by atomic mass is 9.89. The predicted molar refractivity (Wildman–Crippen MR) is 64.4 cm³/mol. The fourth-order valence-corrected chi connectivity index (χ4v) is 1.94. The Kier molecular flexibility index (Phi) is 4.62. The summed E-state index contributed by atoms with van der Waals surface area (Å²) in [5, 5.41) is 8.57. The van der Waals surface area contributed by atoms with Gasteiger partial charge in [-0.2, -0.15) is 0 Å². The van der Waals surface area contributed by atoms with Gasteiger partial charge in [-0.1, -0.05) is 28.1 Å². The second kappa shape index (κ2) is 5.58. The van der Waals surface area contributed by atoms with Gasteiger partial charge in [0.2, 0.25) is 0 Å². The maximum atomic E-state index is 13.4. The van der Waals surface area contributed by atoms with Gasteiger partial charge in [0.1, 0.15) is 0 Å². The van der Waals surface area contributed by atoms with E-state index < -0.39 is 17.8 Å². The van der Waals surface area contributed by atoms with Gasteiger partial charge in [-0.05, 0) is 31.0 Å². The zero-order valence-electron chi connectivity index (χ0n) is 9.29. The van der Waals surface area contributed by atoms with Crippen LogP contribution in [0.3, 0.4) is 0 Å². The summed E-state index contributed by atoms with van der Waals surface area (Å²) in [5.74, 6) is -5.05. The minimum Gasteiger partial charge on any atom is -0.481 e. The van der Waals surface area contributed by atoms with Gasteiger partial charge in [0, 0.05) is 16.8 Å². The molecule has 0 spiro atoms. The minimum atomic E-state index is -2.93. The highest BCUT2D eigenvalue weighted by Gasteiger charge is 2.35. The molecule has 0 radical (unpaired) electrons. The third-order valence-electron chi connectivity index (χ3n) is 2.53. The van der Waals surface area contributed by atoms with Crippen LogP contribution in [0.15, 0.2) is 28.7 Å². The third kappa shape index (κ3) is 4.42. The van der Waals surface area contributed by atoms with E-state index in [1.165, 1.54) is 0 Å². The molecule has 0 saturated carbocycles. The molecule has 0 fully saturated rings. The van der Waals surface area contributed by atoms with Crippen molar-refractivity contribution in [1.82, 2.24) is 0 Å². The maximum absolute atomic E-state index is 13.4. The molecule has 0 aliphatic rings. The molecule has 94 valence electrons. The molecule has 0 aliphatic carbocycles. The van der Waals surface area contributed by atoms with E-state index >= 15 is 0 Å². The Bertz CT molecular complexity index is 384. The first kappa shape index (κ1) is 14.1. The molecule has 0 aliphatic heterocycles. The molecule has 1 aromatic carbocycles. The van der Waals surface area contributed by atoms with E-state index in [2.05, 4.69) is 15.9 Å². The summed E-state index contributed by atoms with van der Waals surface area (Å²) in [6.07, 6.45) is -0.329. The SMILES string of the molecule is CC(F)(F)C(CCC(=O)O)c1ccc(Br)cc1. The fourth-order valence-electron chi connectivity index (χ4n) is 1.68. The van der Waals surface area contributed by atoms with Crippen molar-refractivity contribution >= 4 is 21.9 Å². The molecule has 17 heavy (non-hydrogen) atoms. The molecule has 0 bridgehead atoms. The number of carbonyl (C=O) groups is 1. The molecule has 0 heterocycles. The lowest BCUT2D eigenvalue weighted by Gasteiger charge is -2.23. The van der Waals surface area contributed by atoms with Crippen LogP contribution in [0, 0.1) is 0 Å². The highest BCUT2D eigenvalue weighted by Crippen LogP contribution is 2.37. The molecule has 5 heteroatoms. The number of rotatable bonds is 5. The van der Waals surface area contributed by atoms with Gasteiger partial charge in [0.15, 0.2) is 0 Å². The smallest absolute Gasteiger partial charge is 0.303 e. The van der Waals surface area contributed by atoms with Gasteiger partial charge in [0.05, 0.1) is 0 Å². The summed E-state index contributed by atoms with van der Waals surface area (Å²) in [6.45, 7) is 0.821. The number of carboxylic acid groups (broad SMARTS) is 1. The van der Waals surface area contributed by atoms with Crippen LogP contribution in [-0.2, 0) is 4.79 Å². The van der Waals surface area contributed by atoms with Gasteiger partial charge in [0.25, 0.3) is 5.92 Å². The molecule has 1 unspecified atom stereocenters. The van der Waals surface area contributed by atoms with Crippen molar-refractivity contribution in [2.45, 2.75) is 31.6 Å². The quantitative estimate of drug-likeness (QED) is 0.891. The van der Waals surface area contributed by atoms with Crippen LogP contribution < -0.4 is 0 Å². The lowest BCUT2D eigenvalue weighted by molar-refractivity contribution is -0.137. The Balaban J connectivity index is 2.90. The first-order valence-electron chi connectivity index (χ1n) is 5.16. The first-order valence-corrected chi connectivity index (χ1v) is 5.95. The Morgan fingerprint density at radius 2 is 1.94 bits per heavy atom. The summed E-state index contributed by atoms with van der Waals surface area (Å²) >= 11 is 3.23. The van der Waals surface area contributed by atoms with Crippen molar-refractivity contribution in [3.8, 4) is 0 Å². The fraction of sp³-hybridized carbons (Fsp3) is 0.417. The van der Waals surface area contributed by atoms with Crippen LogP contribution in [-0.4, -0.2) is 17.0 Å². The standard InChI is InChI=1S/C12H13BrF2O2/c1-12(14,15)10(6-7-11(16)17)8-2-4-9(13)5-3-8/h2-5,10H,6-7H2,1H3,(H,16,17). The van der Waals surface area contributed by atoms with Crippen LogP contribution in [0.2, 0.25) is 0 Å². The second-order valence-corrected chi connectivity index (χ2v) is 4.91.